The SMILES string of the molecule is CC(C)N1CCc2c(sc(NC(=O)c3ccc(S(=O)(=O)N4CCCc5ccccc54)cc3)c2C(=O)NC(=O)N(C)C)C1. The molecule has 222 valence electrons. The van der Waals surface area contributed by atoms with Gasteiger partial charge in [0.05, 0.1) is 16.1 Å². The van der Waals surface area contributed by atoms with Crippen LogP contribution in [0.15, 0.2) is 53.4 Å². The van der Waals surface area contributed by atoms with Gasteiger partial charge in [-0.2, -0.15) is 0 Å². The molecule has 5 rings (SSSR count). The first-order valence-corrected chi connectivity index (χ1v) is 16.2. The number of amides is 4. The second kappa shape index (κ2) is 11.9. The standard InChI is InChI=1S/C30H35N5O5S2/c1-19(2)34-17-15-23-25(18-34)41-29(26(23)28(37)32-30(38)33(3)4)31-27(36)21-11-13-22(14-12-21)42(39,40)35-16-7-9-20-8-5-6-10-24(20)35/h5-6,8,10-14,19H,7,9,15-18H2,1-4H3,(H,31,36)(H,32,37,38). The van der Waals surface area contributed by atoms with Crippen molar-refractivity contribution >= 4 is 49.9 Å². The minimum atomic E-state index is -3.82. The van der Waals surface area contributed by atoms with E-state index in [4.69, 9.17) is 0 Å². The van der Waals surface area contributed by atoms with Gasteiger partial charge in [0.15, 0.2) is 0 Å². The molecule has 4 amide bonds. The average Bonchev–Trinajstić information content (AvgIpc) is 3.33. The summed E-state index contributed by atoms with van der Waals surface area (Å²) in [5, 5.41) is 5.62. The van der Waals surface area contributed by atoms with Crippen LogP contribution in [0.1, 0.15) is 57.0 Å². The fraction of sp³-hybridized carbons (Fsp3) is 0.367. The first-order chi connectivity index (χ1) is 20.0. The average molecular weight is 610 g/mol. The summed E-state index contributed by atoms with van der Waals surface area (Å²) in [6, 6.07) is 13.1. The van der Waals surface area contributed by atoms with Crippen LogP contribution in [0.25, 0.3) is 0 Å². The number of carbonyl (C=O) groups excluding carboxylic acids is 3. The van der Waals surface area contributed by atoms with E-state index in [0.29, 0.717) is 41.8 Å². The molecule has 0 fully saturated rings. The van der Waals surface area contributed by atoms with Crippen LogP contribution in [0.5, 0.6) is 0 Å². The minimum Gasteiger partial charge on any atom is -0.331 e. The Balaban J connectivity index is 1.40. The van der Waals surface area contributed by atoms with Crippen LogP contribution >= 0.6 is 11.3 Å². The second-order valence-electron chi connectivity index (χ2n) is 11.0. The Morgan fingerprint density at radius 2 is 1.67 bits per heavy atom. The predicted molar refractivity (Wildman–Crippen MR) is 164 cm³/mol. The Labute approximate surface area is 250 Å². The molecule has 2 aliphatic rings. The van der Waals surface area contributed by atoms with Gasteiger partial charge in [-0.1, -0.05) is 18.2 Å². The van der Waals surface area contributed by atoms with Crippen molar-refractivity contribution in [3.63, 3.8) is 0 Å². The third-order valence-corrected chi connectivity index (χ3v) is 10.6. The van der Waals surface area contributed by atoms with Gasteiger partial charge in [-0.05, 0) is 74.6 Å². The first kappa shape index (κ1) is 29.7. The number of thiophene rings is 1. The number of carbonyl (C=O) groups is 3. The van der Waals surface area contributed by atoms with Crippen LogP contribution in [-0.2, 0) is 29.4 Å². The molecule has 0 atom stereocenters. The summed E-state index contributed by atoms with van der Waals surface area (Å²) in [5.41, 5.74) is 3.05. The zero-order valence-corrected chi connectivity index (χ0v) is 25.8. The lowest BCUT2D eigenvalue weighted by atomic mass is 10.0. The van der Waals surface area contributed by atoms with Crippen molar-refractivity contribution in [2.75, 3.05) is 36.8 Å². The summed E-state index contributed by atoms with van der Waals surface area (Å²) < 4.78 is 28.5. The van der Waals surface area contributed by atoms with Gasteiger partial charge in [0.25, 0.3) is 21.8 Å². The maximum atomic E-state index is 13.5. The largest absolute Gasteiger partial charge is 0.331 e. The third-order valence-electron chi connectivity index (χ3n) is 7.67. The number of nitrogens with one attached hydrogen (secondary N) is 2. The van der Waals surface area contributed by atoms with Gasteiger partial charge in [0.1, 0.15) is 5.00 Å². The van der Waals surface area contributed by atoms with E-state index in [-0.39, 0.29) is 10.5 Å². The lowest BCUT2D eigenvalue weighted by Crippen LogP contribution is -2.40. The first-order valence-electron chi connectivity index (χ1n) is 13.9. The molecule has 2 N–H and O–H groups in total. The van der Waals surface area contributed by atoms with Crippen molar-refractivity contribution in [1.82, 2.24) is 15.1 Å². The molecular formula is C30H35N5O5S2. The van der Waals surface area contributed by atoms with E-state index in [0.717, 1.165) is 35.4 Å². The van der Waals surface area contributed by atoms with Gasteiger partial charge in [-0.25, -0.2) is 13.2 Å². The number of fused-ring (bicyclic) bond motifs is 2. The lowest BCUT2D eigenvalue weighted by Gasteiger charge is -2.30. The Morgan fingerprint density at radius 1 is 0.952 bits per heavy atom. The summed E-state index contributed by atoms with van der Waals surface area (Å²) in [6.45, 7) is 6.01. The van der Waals surface area contributed by atoms with Gasteiger partial charge in [-0.3, -0.25) is 24.1 Å². The molecule has 2 aromatic carbocycles. The minimum absolute atomic E-state index is 0.0957. The van der Waals surface area contributed by atoms with E-state index in [1.807, 2.05) is 24.3 Å². The van der Waals surface area contributed by atoms with Gasteiger partial charge < -0.3 is 10.2 Å². The molecule has 3 heterocycles. The van der Waals surface area contributed by atoms with E-state index in [1.165, 1.54) is 44.8 Å². The molecule has 10 nitrogen and oxygen atoms in total. The molecule has 2 aliphatic heterocycles. The molecule has 12 heteroatoms. The number of para-hydroxylation sites is 1. The summed E-state index contributed by atoms with van der Waals surface area (Å²) in [6.07, 6.45) is 2.17. The van der Waals surface area contributed by atoms with Crippen molar-refractivity contribution in [3.8, 4) is 0 Å². The van der Waals surface area contributed by atoms with Crippen molar-refractivity contribution in [2.45, 2.75) is 50.6 Å². The summed E-state index contributed by atoms with van der Waals surface area (Å²) in [7, 11) is -0.729. The van der Waals surface area contributed by atoms with Crippen molar-refractivity contribution in [1.29, 1.82) is 0 Å². The van der Waals surface area contributed by atoms with Crippen molar-refractivity contribution in [2.24, 2.45) is 0 Å². The van der Waals surface area contributed by atoms with E-state index >= 15 is 0 Å². The fourth-order valence-corrected chi connectivity index (χ4v) is 8.10. The van der Waals surface area contributed by atoms with Gasteiger partial charge >= 0.3 is 6.03 Å². The van der Waals surface area contributed by atoms with Crippen LogP contribution in [0.4, 0.5) is 15.5 Å². The monoisotopic (exact) mass is 609 g/mol. The number of rotatable bonds is 6. The number of benzene rings is 2. The van der Waals surface area contributed by atoms with E-state index in [9.17, 15) is 22.8 Å². The van der Waals surface area contributed by atoms with Crippen LogP contribution in [0.2, 0.25) is 0 Å². The highest BCUT2D eigenvalue weighted by Crippen LogP contribution is 2.38. The molecule has 3 aromatic rings. The van der Waals surface area contributed by atoms with Crippen LogP contribution in [0.3, 0.4) is 0 Å². The number of hydrogen-bond donors (Lipinski definition) is 2. The predicted octanol–water partition coefficient (Wildman–Crippen LogP) is 4.32. The quantitative estimate of drug-likeness (QED) is 0.430. The second-order valence-corrected chi connectivity index (χ2v) is 13.9. The topological polar surface area (TPSA) is 119 Å². The lowest BCUT2D eigenvalue weighted by molar-refractivity contribution is 0.0956. The number of hydrogen-bond acceptors (Lipinski definition) is 7. The summed E-state index contributed by atoms with van der Waals surface area (Å²) in [5.74, 6) is -1.04. The number of anilines is 2. The molecule has 0 saturated carbocycles. The van der Waals surface area contributed by atoms with Gasteiger partial charge in [-0.15, -0.1) is 11.3 Å². The highest BCUT2D eigenvalue weighted by atomic mass is 32.2. The van der Waals surface area contributed by atoms with Gasteiger partial charge in [0, 0.05) is 50.2 Å². The molecule has 0 spiro atoms. The normalized spacial score (nSPS) is 15.1. The molecular weight excluding hydrogens is 574 g/mol. The molecule has 1 aromatic heterocycles. The molecule has 42 heavy (non-hydrogen) atoms. The van der Waals surface area contributed by atoms with Gasteiger partial charge in [0.2, 0.25) is 0 Å². The molecule has 0 radical (unpaired) electrons. The van der Waals surface area contributed by atoms with E-state index < -0.39 is 27.9 Å². The highest BCUT2D eigenvalue weighted by molar-refractivity contribution is 7.92. The number of sulfonamides is 1. The maximum Gasteiger partial charge on any atom is 0.323 e. The molecule has 0 unspecified atom stereocenters. The van der Waals surface area contributed by atoms with Crippen LogP contribution < -0.4 is 14.9 Å². The fourth-order valence-electron chi connectivity index (χ4n) is 5.29. The number of nitrogens with zero attached hydrogens (tertiary/aromatic N) is 3. The third kappa shape index (κ3) is 5.79. The zero-order chi connectivity index (χ0) is 30.2. The van der Waals surface area contributed by atoms with E-state index in [2.05, 4.69) is 29.4 Å². The molecule has 0 aliphatic carbocycles. The molecule has 0 saturated heterocycles. The number of imide groups is 1. The Hall–Kier alpha value is -3.74. The Kier molecular flexibility index (Phi) is 8.40. The van der Waals surface area contributed by atoms with Crippen molar-refractivity contribution in [3.05, 3.63) is 75.7 Å². The maximum absolute atomic E-state index is 13.5. The van der Waals surface area contributed by atoms with E-state index in [1.54, 1.807) is 14.1 Å². The van der Waals surface area contributed by atoms with Crippen LogP contribution in [-0.4, -0.2) is 69.3 Å². The number of aryl methyl sites for hydroxylation is 1. The highest BCUT2D eigenvalue weighted by Gasteiger charge is 2.32. The Bertz CT molecular complexity index is 1630. The van der Waals surface area contributed by atoms with Crippen LogP contribution in [0, 0.1) is 0 Å². The Morgan fingerprint density at radius 3 is 2.36 bits per heavy atom. The van der Waals surface area contributed by atoms with Crippen molar-refractivity contribution < 1.29 is 22.8 Å². The molecule has 0 bridgehead atoms. The zero-order valence-electron chi connectivity index (χ0n) is 24.1. The smallest absolute Gasteiger partial charge is 0.323 e. The summed E-state index contributed by atoms with van der Waals surface area (Å²) in [4.78, 5) is 43.5. The summed E-state index contributed by atoms with van der Waals surface area (Å²) >= 11 is 1.33. The number of urea groups is 1.